The third-order valence-corrected chi connectivity index (χ3v) is 4.93. The molecule has 0 saturated heterocycles. The van der Waals surface area contributed by atoms with Gasteiger partial charge in [-0.25, -0.2) is 4.98 Å². The lowest BCUT2D eigenvalue weighted by atomic mass is 10.3. The van der Waals surface area contributed by atoms with Gasteiger partial charge in [-0.3, -0.25) is 14.9 Å². The van der Waals surface area contributed by atoms with E-state index in [2.05, 4.69) is 15.0 Å². The molecule has 8 heteroatoms. The predicted octanol–water partition coefficient (Wildman–Crippen LogP) is 3.13. The van der Waals surface area contributed by atoms with Crippen LogP contribution in [0.3, 0.4) is 0 Å². The van der Waals surface area contributed by atoms with Crippen molar-refractivity contribution in [3.8, 4) is 0 Å². The zero-order valence-corrected chi connectivity index (χ0v) is 13.1. The highest BCUT2D eigenvalue weighted by molar-refractivity contribution is 7.14. The number of anilines is 1. The lowest BCUT2D eigenvalue weighted by Gasteiger charge is -1.99. The number of ether oxygens (including phenoxy) is 1. The highest BCUT2D eigenvalue weighted by Crippen LogP contribution is 2.28. The van der Waals surface area contributed by atoms with Crippen LogP contribution in [0.15, 0.2) is 10.8 Å². The number of hydrogen-bond donors (Lipinski definition) is 1. The summed E-state index contributed by atoms with van der Waals surface area (Å²) in [6.45, 7) is 1.84. The fourth-order valence-corrected chi connectivity index (χ4v) is 3.28. The standard InChI is InChI=1S/C12H11ClN2O3S2/c1-6-4-19-10(9(6)13)11(17)15-12-14-7(5-20-12)3-8(16)18-2/h4-5H,3H2,1-2H3,(H,14,15,17). The van der Waals surface area contributed by atoms with Gasteiger partial charge in [-0.2, -0.15) is 0 Å². The normalized spacial score (nSPS) is 10.3. The summed E-state index contributed by atoms with van der Waals surface area (Å²) in [6, 6.07) is 0. The number of aromatic nitrogens is 1. The molecule has 0 bridgehead atoms. The first kappa shape index (κ1) is 15.0. The molecule has 2 aromatic heterocycles. The maximum absolute atomic E-state index is 12.0. The van der Waals surface area contributed by atoms with Crippen LogP contribution in [0.5, 0.6) is 0 Å². The third-order valence-electron chi connectivity index (χ3n) is 2.43. The topological polar surface area (TPSA) is 68.3 Å². The van der Waals surface area contributed by atoms with E-state index in [9.17, 15) is 9.59 Å². The van der Waals surface area contributed by atoms with E-state index in [1.54, 1.807) is 5.38 Å². The SMILES string of the molecule is COC(=O)Cc1csc(NC(=O)c2scc(C)c2Cl)n1. The van der Waals surface area contributed by atoms with Gasteiger partial charge in [0.25, 0.3) is 5.91 Å². The Bertz CT molecular complexity index is 651. The molecule has 2 rings (SSSR count). The van der Waals surface area contributed by atoms with Gasteiger partial charge >= 0.3 is 5.97 Å². The summed E-state index contributed by atoms with van der Waals surface area (Å²) >= 11 is 8.57. The number of nitrogens with one attached hydrogen (secondary N) is 1. The van der Waals surface area contributed by atoms with Crippen molar-refractivity contribution >= 4 is 51.3 Å². The van der Waals surface area contributed by atoms with Crippen molar-refractivity contribution < 1.29 is 14.3 Å². The monoisotopic (exact) mass is 330 g/mol. The lowest BCUT2D eigenvalue weighted by Crippen LogP contribution is -2.11. The molecule has 0 aliphatic heterocycles. The average molecular weight is 331 g/mol. The molecule has 0 aliphatic rings. The summed E-state index contributed by atoms with van der Waals surface area (Å²) in [5, 5.41) is 7.07. The molecule has 0 radical (unpaired) electrons. The number of carbonyl (C=O) groups is 2. The number of methoxy groups -OCH3 is 1. The van der Waals surface area contributed by atoms with Gasteiger partial charge in [-0.05, 0) is 17.9 Å². The van der Waals surface area contributed by atoms with Crippen LogP contribution in [0.2, 0.25) is 5.02 Å². The molecule has 0 aliphatic carbocycles. The molecule has 2 heterocycles. The van der Waals surface area contributed by atoms with E-state index in [0.29, 0.717) is 20.7 Å². The lowest BCUT2D eigenvalue weighted by molar-refractivity contribution is -0.139. The van der Waals surface area contributed by atoms with Crippen LogP contribution in [-0.4, -0.2) is 24.0 Å². The Kier molecular flexibility index (Phi) is 4.74. The van der Waals surface area contributed by atoms with Gasteiger partial charge in [0.2, 0.25) is 0 Å². The van der Waals surface area contributed by atoms with Gasteiger partial charge in [0, 0.05) is 5.38 Å². The molecule has 1 amide bonds. The largest absolute Gasteiger partial charge is 0.469 e. The molecule has 0 saturated carbocycles. The molecule has 1 N–H and O–H groups in total. The Morgan fingerprint density at radius 3 is 2.75 bits per heavy atom. The van der Waals surface area contributed by atoms with Crippen molar-refractivity contribution in [2.45, 2.75) is 13.3 Å². The number of thiophene rings is 1. The van der Waals surface area contributed by atoms with Crippen LogP contribution in [0, 0.1) is 6.92 Å². The molecule has 2 aromatic rings. The highest BCUT2D eigenvalue weighted by Gasteiger charge is 2.16. The molecular weight excluding hydrogens is 320 g/mol. The quantitative estimate of drug-likeness (QED) is 0.874. The van der Waals surface area contributed by atoms with Crippen LogP contribution in [-0.2, 0) is 16.0 Å². The molecule has 5 nitrogen and oxygen atoms in total. The minimum Gasteiger partial charge on any atom is -0.469 e. The van der Waals surface area contributed by atoms with Gasteiger partial charge in [0.05, 0.1) is 24.2 Å². The summed E-state index contributed by atoms with van der Waals surface area (Å²) < 4.78 is 4.55. The number of esters is 1. The first-order chi connectivity index (χ1) is 9.51. The van der Waals surface area contributed by atoms with Crippen molar-refractivity contribution in [2.24, 2.45) is 0 Å². The number of halogens is 1. The Labute approximate surface area is 128 Å². The van der Waals surface area contributed by atoms with E-state index < -0.39 is 0 Å². The molecule has 106 valence electrons. The Morgan fingerprint density at radius 1 is 1.40 bits per heavy atom. The second kappa shape index (κ2) is 6.34. The molecule has 0 unspecified atom stereocenters. The van der Waals surface area contributed by atoms with E-state index in [1.807, 2.05) is 12.3 Å². The van der Waals surface area contributed by atoms with E-state index in [-0.39, 0.29) is 18.3 Å². The summed E-state index contributed by atoms with van der Waals surface area (Å²) in [4.78, 5) is 27.7. The van der Waals surface area contributed by atoms with Crippen LogP contribution in [0.25, 0.3) is 0 Å². The van der Waals surface area contributed by atoms with Gasteiger partial charge in [0.15, 0.2) is 5.13 Å². The predicted molar refractivity (Wildman–Crippen MR) is 79.9 cm³/mol. The summed E-state index contributed by atoms with van der Waals surface area (Å²) in [7, 11) is 1.32. The Hall–Kier alpha value is -1.44. The van der Waals surface area contributed by atoms with Crippen molar-refractivity contribution in [1.29, 1.82) is 0 Å². The van der Waals surface area contributed by atoms with Crippen LogP contribution >= 0.6 is 34.3 Å². The second-order valence-electron chi connectivity index (χ2n) is 3.91. The smallest absolute Gasteiger partial charge is 0.311 e. The van der Waals surface area contributed by atoms with Crippen molar-refractivity contribution in [3.05, 3.63) is 31.9 Å². The zero-order valence-electron chi connectivity index (χ0n) is 10.7. The van der Waals surface area contributed by atoms with Gasteiger partial charge in [-0.15, -0.1) is 22.7 Å². The maximum atomic E-state index is 12.0. The fraction of sp³-hybridized carbons (Fsp3) is 0.250. The summed E-state index contributed by atoms with van der Waals surface area (Å²) in [6.07, 6.45) is 0.0851. The first-order valence-electron chi connectivity index (χ1n) is 5.57. The number of amides is 1. The fourth-order valence-electron chi connectivity index (χ4n) is 1.40. The Balaban J connectivity index is 2.05. The zero-order chi connectivity index (χ0) is 14.7. The first-order valence-corrected chi connectivity index (χ1v) is 7.71. The van der Waals surface area contributed by atoms with Crippen molar-refractivity contribution in [3.63, 3.8) is 0 Å². The number of hydrogen-bond acceptors (Lipinski definition) is 6. The molecular formula is C12H11ClN2O3S2. The summed E-state index contributed by atoms with van der Waals surface area (Å²) in [5.41, 5.74) is 1.43. The van der Waals surface area contributed by atoms with E-state index in [4.69, 9.17) is 11.6 Å². The molecule has 0 atom stereocenters. The van der Waals surface area contributed by atoms with E-state index in [1.165, 1.54) is 29.8 Å². The van der Waals surface area contributed by atoms with E-state index >= 15 is 0 Å². The van der Waals surface area contributed by atoms with Crippen LogP contribution in [0.1, 0.15) is 20.9 Å². The number of aryl methyl sites for hydroxylation is 1. The van der Waals surface area contributed by atoms with Gasteiger partial charge in [-0.1, -0.05) is 11.6 Å². The highest BCUT2D eigenvalue weighted by atomic mass is 35.5. The third kappa shape index (κ3) is 3.36. The minimum absolute atomic E-state index is 0.0851. The van der Waals surface area contributed by atoms with E-state index in [0.717, 1.165) is 5.56 Å². The molecule has 0 spiro atoms. The number of rotatable bonds is 4. The van der Waals surface area contributed by atoms with Crippen LogP contribution in [0.4, 0.5) is 5.13 Å². The molecule has 0 aromatic carbocycles. The minimum atomic E-state index is -0.370. The maximum Gasteiger partial charge on any atom is 0.311 e. The second-order valence-corrected chi connectivity index (χ2v) is 6.03. The average Bonchev–Trinajstić information content (AvgIpc) is 2.98. The van der Waals surface area contributed by atoms with Crippen molar-refractivity contribution in [2.75, 3.05) is 12.4 Å². The molecule has 20 heavy (non-hydrogen) atoms. The number of nitrogens with zero attached hydrogens (tertiary/aromatic N) is 1. The number of carbonyl (C=O) groups excluding carboxylic acids is 2. The summed E-state index contributed by atoms with van der Waals surface area (Å²) in [5.74, 6) is -0.669. The number of thiazole rings is 1. The van der Waals surface area contributed by atoms with Crippen LogP contribution < -0.4 is 5.32 Å². The molecule has 0 fully saturated rings. The van der Waals surface area contributed by atoms with Gasteiger partial charge < -0.3 is 4.74 Å². The Morgan fingerprint density at radius 2 is 2.15 bits per heavy atom. The van der Waals surface area contributed by atoms with Gasteiger partial charge in [0.1, 0.15) is 4.88 Å². The van der Waals surface area contributed by atoms with Crippen molar-refractivity contribution in [1.82, 2.24) is 4.98 Å².